The van der Waals surface area contributed by atoms with Crippen LogP contribution in [0.3, 0.4) is 0 Å². The minimum atomic E-state index is -4.48. The van der Waals surface area contributed by atoms with Gasteiger partial charge in [-0.15, -0.1) is 0 Å². The van der Waals surface area contributed by atoms with Crippen molar-refractivity contribution in [2.75, 3.05) is 6.61 Å². The van der Waals surface area contributed by atoms with E-state index < -0.39 is 30.7 Å². The Hall–Kier alpha value is -2.32. The van der Waals surface area contributed by atoms with Gasteiger partial charge in [-0.25, -0.2) is 9.78 Å². The lowest BCUT2D eigenvalue weighted by molar-refractivity contribution is -0.154. The Morgan fingerprint density at radius 2 is 2.10 bits per heavy atom. The van der Waals surface area contributed by atoms with Gasteiger partial charge in [0.2, 0.25) is 5.88 Å². The zero-order valence-electron chi connectivity index (χ0n) is 11.0. The van der Waals surface area contributed by atoms with Gasteiger partial charge in [0.25, 0.3) is 5.91 Å². The smallest absolute Gasteiger partial charge is 0.422 e. The topological polar surface area (TPSA) is 88.5 Å². The third-order valence-corrected chi connectivity index (χ3v) is 2.39. The predicted molar refractivity (Wildman–Crippen MR) is 65.0 cm³/mol. The first-order valence-electron chi connectivity index (χ1n) is 5.92. The molecule has 1 unspecified atom stereocenters. The van der Waals surface area contributed by atoms with Crippen molar-refractivity contribution in [3.8, 4) is 5.88 Å². The molecule has 0 spiro atoms. The summed E-state index contributed by atoms with van der Waals surface area (Å²) in [6, 6.07) is 1.25. The molecule has 0 aliphatic rings. The van der Waals surface area contributed by atoms with Gasteiger partial charge in [-0.05, 0) is 12.5 Å². The lowest BCUT2D eigenvalue weighted by atomic mass is 10.2. The third-order valence-electron chi connectivity index (χ3n) is 2.39. The van der Waals surface area contributed by atoms with Crippen LogP contribution < -0.4 is 10.1 Å². The molecule has 1 aromatic rings. The maximum absolute atomic E-state index is 11.9. The summed E-state index contributed by atoms with van der Waals surface area (Å²) in [5, 5.41) is 11.1. The molecule has 0 radical (unpaired) electrons. The maximum Gasteiger partial charge on any atom is 0.422 e. The lowest BCUT2D eigenvalue weighted by Crippen LogP contribution is -2.40. The largest absolute Gasteiger partial charge is 0.480 e. The van der Waals surface area contributed by atoms with Gasteiger partial charge in [0.15, 0.2) is 6.61 Å². The lowest BCUT2D eigenvalue weighted by Gasteiger charge is -2.12. The van der Waals surface area contributed by atoms with E-state index in [1.54, 1.807) is 6.92 Å². The molecule has 116 valence electrons. The number of carbonyl (C=O) groups is 2. The summed E-state index contributed by atoms with van der Waals surface area (Å²) >= 11 is 0. The van der Waals surface area contributed by atoms with Gasteiger partial charge in [-0.3, -0.25) is 4.79 Å². The van der Waals surface area contributed by atoms with Crippen molar-refractivity contribution >= 4 is 11.9 Å². The van der Waals surface area contributed by atoms with Crippen LogP contribution in [0.25, 0.3) is 0 Å². The Morgan fingerprint density at radius 1 is 1.43 bits per heavy atom. The van der Waals surface area contributed by atoms with E-state index >= 15 is 0 Å². The minimum Gasteiger partial charge on any atom is -0.480 e. The Balaban J connectivity index is 2.65. The van der Waals surface area contributed by atoms with Crippen molar-refractivity contribution in [1.29, 1.82) is 0 Å². The number of hydrogen-bond acceptors (Lipinski definition) is 4. The number of carbonyl (C=O) groups excluding carboxylic acids is 1. The molecule has 0 aromatic carbocycles. The number of nitrogens with one attached hydrogen (secondary N) is 1. The van der Waals surface area contributed by atoms with Gasteiger partial charge in [0.05, 0.1) is 5.56 Å². The molecule has 1 amide bonds. The molecule has 1 heterocycles. The van der Waals surface area contributed by atoms with Crippen LogP contribution in [-0.2, 0) is 4.79 Å². The van der Waals surface area contributed by atoms with Crippen LogP contribution in [0.5, 0.6) is 5.88 Å². The molecule has 1 aromatic heterocycles. The summed E-state index contributed by atoms with van der Waals surface area (Å²) in [4.78, 5) is 26.0. The molecule has 0 bridgehead atoms. The first-order chi connectivity index (χ1) is 9.73. The number of hydrogen-bond donors (Lipinski definition) is 2. The molecular weight excluding hydrogens is 293 g/mol. The van der Waals surface area contributed by atoms with E-state index in [9.17, 15) is 22.8 Å². The van der Waals surface area contributed by atoms with E-state index in [1.807, 2.05) is 0 Å². The second-order valence-corrected chi connectivity index (χ2v) is 4.06. The highest BCUT2D eigenvalue weighted by atomic mass is 19.4. The molecule has 0 fully saturated rings. The van der Waals surface area contributed by atoms with Gasteiger partial charge < -0.3 is 15.2 Å². The van der Waals surface area contributed by atoms with E-state index in [4.69, 9.17) is 5.11 Å². The summed E-state index contributed by atoms with van der Waals surface area (Å²) in [7, 11) is 0. The van der Waals surface area contributed by atoms with Crippen LogP contribution >= 0.6 is 0 Å². The number of amides is 1. The molecule has 0 saturated carbocycles. The van der Waals surface area contributed by atoms with Gasteiger partial charge in [0.1, 0.15) is 6.04 Å². The summed E-state index contributed by atoms with van der Waals surface area (Å²) in [5.41, 5.74) is 0.0223. The van der Waals surface area contributed by atoms with Crippen LogP contribution in [0.1, 0.15) is 23.7 Å². The van der Waals surface area contributed by atoms with Crippen molar-refractivity contribution in [3.05, 3.63) is 23.9 Å². The summed E-state index contributed by atoms with van der Waals surface area (Å²) < 4.78 is 40.2. The van der Waals surface area contributed by atoms with E-state index in [2.05, 4.69) is 15.0 Å². The van der Waals surface area contributed by atoms with Crippen molar-refractivity contribution in [2.45, 2.75) is 25.6 Å². The number of carboxylic acid groups (broad SMARTS) is 1. The molecule has 21 heavy (non-hydrogen) atoms. The number of ether oxygens (including phenoxy) is 1. The van der Waals surface area contributed by atoms with Crippen LogP contribution in [0, 0.1) is 0 Å². The number of halogens is 3. The van der Waals surface area contributed by atoms with E-state index in [-0.39, 0.29) is 17.9 Å². The van der Waals surface area contributed by atoms with Gasteiger partial charge >= 0.3 is 12.1 Å². The maximum atomic E-state index is 11.9. The molecule has 9 heteroatoms. The summed E-state index contributed by atoms with van der Waals surface area (Å²) in [6.07, 6.45) is -3.27. The van der Waals surface area contributed by atoms with Crippen molar-refractivity contribution in [3.63, 3.8) is 0 Å². The fraction of sp³-hybridized carbons (Fsp3) is 0.417. The third kappa shape index (κ3) is 5.67. The predicted octanol–water partition coefficient (Wildman–Crippen LogP) is 1.62. The normalized spacial score (nSPS) is 12.6. The second kappa shape index (κ2) is 6.91. The average Bonchev–Trinajstić information content (AvgIpc) is 2.41. The second-order valence-electron chi connectivity index (χ2n) is 4.06. The molecular formula is C12H13F3N2O4. The summed E-state index contributed by atoms with van der Waals surface area (Å²) in [6.45, 7) is 0.105. The van der Waals surface area contributed by atoms with Crippen molar-refractivity contribution in [2.24, 2.45) is 0 Å². The first kappa shape index (κ1) is 16.7. The van der Waals surface area contributed by atoms with E-state index in [0.717, 1.165) is 12.3 Å². The molecule has 2 N–H and O–H groups in total. The van der Waals surface area contributed by atoms with Crippen LogP contribution in [0.4, 0.5) is 13.2 Å². The van der Waals surface area contributed by atoms with Gasteiger partial charge in [-0.1, -0.05) is 6.92 Å². The standard InChI is InChI=1S/C12H13F3N2O4/c1-2-8(11(19)20)17-10(18)7-3-4-9(16-5-7)21-6-12(13,14)15/h3-5,8H,2,6H2,1H3,(H,17,18)(H,19,20). The zero-order valence-corrected chi connectivity index (χ0v) is 11.0. The number of aromatic nitrogens is 1. The number of rotatable bonds is 6. The quantitative estimate of drug-likeness (QED) is 0.833. The highest BCUT2D eigenvalue weighted by molar-refractivity contribution is 5.96. The number of nitrogens with zero attached hydrogens (tertiary/aromatic N) is 1. The Morgan fingerprint density at radius 3 is 2.52 bits per heavy atom. The number of pyridine rings is 1. The number of alkyl halides is 3. The Labute approximate surface area is 117 Å². The minimum absolute atomic E-state index is 0.0223. The highest BCUT2D eigenvalue weighted by Crippen LogP contribution is 2.17. The van der Waals surface area contributed by atoms with Crippen LogP contribution in [0.15, 0.2) is 18.3 Å². The molecule has 1 rings (SSSR count). The summed E-state index contributed by atoms with van der Waals surface area (Å²) in [5.74, 6) is -2.14. The fourth-order valence-electron chi connectivity index (χ4n) is 1.34. The zero-order chi connectivity index (χ0) is 16.0. The van der Waals surface area contributed by atoms with Gasteiger partial charge in [0, 0.05) is 12.3 Å². The van der Waals surface area contributed by atoms with Crippen molar-refractivity contribution in [1.82, 2.24) is 10.3 Å². The van der Waals surface area contributed by atoms with Gasteiger partial charge in [-0.2, -0.15) is 13.2 Å². The fourth-order valence-corrected chi connectivity index (χ4v) is 1.34. The van der Waals surface area contributed by atoms with Crippen LogP contribution in [0.2, 0.25) is 0 Å². The highest BCUT2D eigenvalue weighted by Gasteiger charge is 2.28. The van der Waals surface area contributed by atoms with Crippen LogP contribution in [-0.4, -0.2) is 40.8 Å². The van der Waals surface area contributed by atoms with E-state index in [1.165, 1.54) is 6.07 Å². The van der Waals surface area contributed by atoms with E-state index in [0.29, 0.717) is 0 Å². The molecule has 0 aliphatic carbocycles. The Kier molecular flexibility index (Phi) is 5.51. The number of aliphatic carboxylic acids is 1. The molecule has 0 aliphatic heterocycles. The molecule has 1 atom stereocenters. The SMILES string of the molecule is CCC(NC(=O)c1ccc(OCC(F)(F)F)nc1)C(=O)O. The number of carboxylic acids is 1. The van der Waals surface area contributed by atoms with Crippen molar-refractivity contribution < 1.29 is 32.6 Å². The monoisotopic (exact) mass is 306 g/mol. The Bertz CT molecular complexity index is 502. The molecule has 6 nitrogen and oxygen atoms in total. The molecule has 0 saturated heterocycles. The first-order valence-corrected chi connectivity index (χ1v) is 5.92. The average molecular weight is 306 g/mol.